The number of ketones is 4. The van der Waals surface area contributed by atoms with E-state index in [0.717, 1.165) is 0 Å². The maximum absolute atomic E-state index is 13.6. The van der Waals surface area contributed by atoms with E-state index in [1.165, 1.54) is 0 Å². The molecule has 5 rings (SSSR count). The van der Waals surface area contributed by atoms with Crippen molar-refractivity contribution in [3.8, 4) is 0 Å². The fraction of sp³-hybridized carbons (Fsp3) is 0.214. The van der Waals surface area contributed by atoms with Gasteiger partial charge in [0.15, 0.2) is 34.2 Å². The predicted octanol–water partition coefficient (Wildman–Crippen LogP) is 3.45. The van der Waals surface area contributed by atoms with Crippen molar-refractivity contribution in [3.05, 3.63) is 106 Å². The zero-order chi connectivity index (χ0) is 24.1. The van der Waals surface area contributed by atoms with Gasteiger partial charge in [-0.15, -0.1) is 0 Å². The number of benzene rings is 3. The molecule has 0 aromatic heterocycles. The third-order valence-corrected chi connectivity index (χ3v) is 6.81. The van der Waals surface area contributed by atoms with E-state index in [9.17, 15) is 19.2 Å². The molecular weight excluding hydrogens is 428 g/mol. The van der Waals surface area contributed by atoms with Gasteiger partial charge >= 0.3 is 0 Å². The summed E-state index contributed by atoms with van der Waals surface area (Å²) in [4.78, 5) is 54.5. The molecule has 0 unspecified atom stereocenters. The Hall–Kier alpha value is -3.74. The van der Waals surface area contributed by atoms with Crippen LogP contribution in [0.5, 0.6) is 0 Å². The maximum atomic E-state index is 13.6. The van der Waals surface area contributed by atoms with Gasteiger partial charge in [-0.3, -0.25) is 29.8 Å². The van der Waals surface area contributed by atoms with E-state index >= 15 is 0 Å². The number of hydrogen-bond donors (Lipinski definition) is 2. The van der Waals surface area contributed by atoms with Gasteiger partial charge in [-0.1, -0.05) is 86.6 Å². The van der Waals surface area contributed by atoms with Crippen LogP contribution in [-0.4, -0.2) is 36.2 Å². The Bertz CT molecular complexity index is 1200. The Kier molecular flexibility index (Phi) is 5.15. The van der Waals surface area contributed by atoms with Crippen LogP contribution in [0.1, 0.15) is 66.4 Å². The fourth-order valence-electron chi connectivity index (χ4n) is 5.34. The van der Waals surface area contributed by atoms with Crippen molar-refractivity contribution in [2.45, 2.75) is 24.9 Å². The van der Waals surface area contributed by atoms with Gasteiger partial charge in [0.25, 0.3) is 0 Å². The van der Waals surface area contributed by atoms with E-state index in [4.69, 9.17) is 0 Å². The van der Waals surface area contributed by atoms with Gasteiger partial charge < -0.3 is 0 Å². The minimum absolute atomic E-state index is 0.336. The molecule has 0 fully saturated rings. The molecular formula is C28H24N2O4. The quantitative estimate of drug-likeness (QED) is 0.557. The largest absolute Gasteiger partial charge is 0.295 e. The molecule has 0 amide bonds. The molecule has 6 heteroatoms. The number of carbonyl (C=O) groups is 4. The molecule has 170 valence electrons. The summed E-state index contributed by atoms with van der Waals surface area (Å²) < 4.78 is 0. The second-order valence-electron chi connectivity index (χ2n) is 8.55. The molecule has 0 aliphatic heterocycles. The molecule has 0 saturated carbocycles. The first kappa shape index (κ1) is 22.1. The van der Waals surface area contributed by atoms with Crippen LogP contribution >= 0.6 is 0 Å². The standard InChI is InChI=1S/C28H24N2O4/c1-3-29-27(23(31)19-12-5-6-13-20(19)24(27)32)17-10-9-11-18(16-17)28(30-4-2)25(33)21-14-7-8-15-22(21)26(28)34/h5-16,29-30H,3-4H2,1-2H3. The van der Waals surface area contributed by atoms with Crippen molar-refractivity contribution in [2.75, 3.05) is 13.1 Å². The van der Waals surface area contributed by atoms with Crippen molar-refractivity contribution < 1.29 is 19.2 Å². The lowest BCUT2D eigenvalue weighted by molar-refractivity contribution is 0.0750. The monoisotopic (exact) mass is 452 g/mol. The van der Waals surface area contributed by atoms with Crippen molar-refractivity contribution in [3.63, 3.8) is 0 Å². The molecule has 0 bridgehead atoms. The minimum atomic E-state index is -1.61. The Morgan fingerprint density at radius 3 is 1.15 bits per heavy atom. The Morgan fingerprint density at radius 1 is 0.529 bits per heavy atom. The van der Waals surface area contributed by atoms with Gasteiger partial charge in [0.05, 0.1) is 0 Å². The number of likely N-dealkylation sites (N-methyl/N-ethyl adjacent to an activating group) is 2. The average Bonchev–Trinajstić information content (AvgIpc) is 3.22. The average molecular weight is 453 g/mol. The van der Waals surface area contributed by atoms with Crippen LogP contribution in [0.15, 0.2) is 72.8 Å². The van der Waals surface area contributed by atoms with Gasteiger partial charge in [-0.25, -0.2) is 0 Å². The van der Waals surface area contributed by atoms with E-state index in [0.29, 0.717) is 46.5 Å². The highest BCUT2D eigenvalue weighted by molar-refractivity contribution is 6.34. The topological polar surface area (TPSA) is 92.3 Å². The summed E-state index contributed by atoms with van der Waals surface area (Å²) in [5.74, 6) is -1.34. The van der Waals surface area contributed by atoms with Crippen molar-refractivity contribution in [2.24, 2.45) is 0 Å². The minimum Gasteiger partial charge on any atom is -0.295 e. The van der Waals surface area contributed by atoms with Gasteiger partial charge in [-0.2, -0.15) is 0 Å². The summed E-state index contributed by atoms with van der Waals surface area (Å²) in [7, 11) is 0. The SMILES string of the molecule is CCNC1(c2cccc(C3(NCC)C(=O)c4ccccc4C3=O)c2)C(=O)c2ccccc2C1=O. The van der Waals surface area contributed by atoms with Gasteiger partial charge in [0, 0.05) is 22.3 Å². The van der Waals surface area contributed by atoms with Crippen LogP contribution in [-0.2, 0) is 11.1 Å². The van der Waals surface area contributed by atoms with Crippen LogP contribution in [0.3, 0.4) is 0 Å². The smallest absolute Gasteiger partial charge is 0.196 e. The molecule has 34 heavy (non-hydrogen) atoms. The molecule has 0 radical (unpaired) electrons. The van der Waals surface area contributed by atoms with Gasteiger partial charge in [0.2, 0.25) is 0 Å². The number of Topliss-reactive ketones (excluding diaryl/α,β-unsaturated/α-hetero) is 4. The molecule has 2 aliphatic rings. The highest BCUT2D eigenvalue weighted by Gasteiger charge is 2.56. The van der Waals surface area contributed by atoms with E-state index in [2.05, 4.69) is 10.6 Å². The molecule has 6 nitrogen and oxygen atoms in total. The molecule has 2 N–H and O–H groups in total. The molecule has 3 aromatic carbocycles. The Labute approximate surface area is 197 Å². The summed E-state index contributed by atoms with van der Waals surface area (Å²) >= 11 is 0. The second-order valence-corrected chi connectivity index (χ2v) is 8.55. The number of hydrogen-bond acceptors (Lipinski definition) is 6. The highest BCUT2D eigenvalue weighted by atomic mass is 16.2. The van der Waals surface area contributed by atoms with E-state index in [1.807, 2.05) is 13.8 Å². The van der Waals surface area contributed by atoms with Crippen LogP contribution in [0.25, 0.3) is 0 Å². The summed E-state index contributed by atoms with van der Waals surface area (Å²) in [5, 5.41) is 6.27. The number of fused-ring (bicyclic) bond motifs is 2. The lowest BCUT2D eigenvalue weighted by Gasteiger charge is -2.31. The lowest BCUT2D eigenvalue weighted by atomic mass is 9.79. The van der Waals surface area contributed by atoms with Crippen LogP contribution in [0, 0.1) is 0 Å². The van der Waals surface area contributed by atoms with Crippen LogP contribution in [0.4, 0.5) is 0 Å². The van der Waals surface area contributed by atoms with Crippen molar-refractivity contribution >= 4 is 23.1 Å². The van der Waals surface area contributed by atoms with Crippen molar-refractivity contribution in [1.82, 2.24) is 10.6 Å². The molecule has 3 aromatic rings. The highest BCUT2D eigenvalue weighted by Crippen LogP contribution is 2.42. The molecule has 0 atom stereocenters. The first-order valence-corrected chi connectivity index (χ1v) is 11.4. The summed E-state index contributed by atoms with van der Waals surface area (Å²) in [6, 6.07) is 20.3. The van der Waals surface area contributed by atoms with Crippen LogP contribution < -0.4 is 10.6 Å². The zero-order valence-corrected chi connectivity index (χ0v) is 19.0. The molecule has 0 spiro atoms. The summed E-state index contributed by atoms with van der Waals surface area (Å²) in [6.07, 6.45) is 0. The van der Waals surface area contributed by atoms with Gasteiger partial charge in [-0.05, 0) is 24.2 Å². The normalized spacial score (nSPS) is 17.7. The lowest BCUT2D eigenvalue weighted by Crippen LogP contribution is -2.53. The van der Waals surface area contributed by atoms with Crippen molar-refractivity contribution in [1.29, 1.82) is 0 Å². The molecule has 0 saturated heterocycles. The number of carbonyl (C=O) groups excluding carboxylic acids is 4. The predicted molar refractivity (Wildman–Crippen MR) is 127 cm³/mol. The Morgan fingerprint density at radius 2 is 0.853 bits per heavy atom. The first-order chi connectivity index (χ1) is 16.4. The number of nitrogens with one attached hydrogen (secondary N) is 2. The van der Waals surface area contributed by atoms with E-state index < -0.39 is 11.1 Å². The third kappa shape index (κ3) is 2.70. The van der Waals surface area contributed by atoms with E-state index in [1.54, 1.807) is 72.8 Å². The molecule has 0 heterocycles. The fourth-order valence-corrected chi connectivity index (χ4v) is 5.34. The van der Waals surface area contributed by atoms with Crippen LogP contribution in [0.2, 0.25) is 0 Å². The maximum Gasteiger partial charge on any atom is 0.196 e. The third-order valence-electron chi connectivity index (χ3n) is 6.81. The second kappa shape index (κ2) is 7.94. The van der Waals surface area contributed by atoms with E-state index in [-0.39, 0.29) is 23.1 Å². The first-order valence-electron chi connectivity index (χ1n) is 11.4. The Balaban J connectivity index is 1.71. The molecule has 2 aliphatic carbocycles. The van der Waals surface area contributed by atoms with Gasteiger partial charge in [0.1, 0.15) is 0 Å². The zero-order valence-electron chi connectivity index (χ0n) is 19.0. The number of rotatable bonds is 6. The summed E-state index contributed by atoms with van der Waals surface area (Å²) in [6.45, 7) is 4.40. The summed E-state index contributed by atoms with van der Waals surface area (Å²) in [5.41, 5.74) is -0.958.